The van der Waals surface area contributed by atoms with Crippen LogP contribution in [0.2, 0.25) is 0 Å². The SMILES string of the molecule is FC(F)Oc1ccc[c]c1-c1ccccc1OC(F)F. The zero-order chi connectivity index (χ0) is 14.5. The van der Waals surface area contributed by atoms with Gasteiger partial charge in [-0.1, -0.05) is 30.3 Å². The molecule has 2 nitrogen and oxygen atoms in total. The maximum absolute atomic E-state index is 12.3. The maximum Gasteiger partial charge on any atom is 0.387 e. The van der Waals surface area contributed by atoms with Crippen LogP contribution in [0.3, 0.4) is 0 Å². The average molecular weight is 285 g/mol. The summed E-state index contributed by atoms with van der Waals surface area (Å²) in [4.78, 5) is 0. The molecule has 1 radical (unpaired) electrons. The van der Waals surface area contributed by atoms with Crippen LogP contribution in [-0.4, -0.2) is 13.2 Å². The second-order valence-electron chi connectivity index (χ2n) is 3.66. The van der Waals surface area contributed by atoms with Crippen LogP contribution in [0.1, 0.15) is 0 Å². The van der Waals surface area contributed by atoms with Gasteiger partial charge in [0.25, 0.3) is 0 Å². The van der Waals surface area contributed by atoms with Gasteiger partial charge in [-0.15, -0.1) is 0 Å². The highest BCUT2D eigenvalue weighted by molar-refractivity contribution is 5.75. The molecule has 2 aromatic rings. The van der Waals surface area contributed by atoms with Crippen molar-refractivity contribution in [2.75, 3.05) is 0 Å². The van der Waals surface area contributed by atoms with Crippen LogP contribution in [0, 0.1) is 6.07 Å². The molecule has 0 saturated heterocycles. The number of para-hydroxylation sites is 1. The van der Waals surface area contributed by atoms with Gasteiger partial charge >= 0.3 is 13.2 Å². The Kier molecular flexibility index (Phi) is 4.45. The van der Waals surface area contributed by atoms with E-state index in [4.69, 9.17) is 0 Å². The lowest BCUT2D eigenvalue weighted by atomic mass is 10.0. The van der Waals surface area contributed by atoms with Gasteiger partial charge in [-0.3, -0.25) is 0 Å². The molecule has 0 N–H and O–H groups in total. The van der Waals surface area contributed by atoms with Crippen molar-refractivity contribution in [2.24, 2.45) is 0 Å². The van der Waals surface area contributed by atoms with Gasteiger partial charge in [0.2, 0.25) is 0 Å². The second-order valence-corrected chi connectivity index (χ2v) is 3.66. The van der Waals surface area contributed by atoms with Crippen molar-refractivity contribution in [1.82, 2.24) is 0 Å². The molecule has 6 heteroatoms. The number of hydrogen-bond acceptors (Lipinski definition) is 2. The first-order valence-corrected chi connectivity index (χ1v) is 5.57. The average Bonchev–Trinajstić information content (AvgIpc) is 2.39. The number of hydrogen-bond donors (Lipinski definition) is 0. The van der Waals surface area contributed by atoms with E-state index in [1.165, 1.54) is 36.4 Å². The molecule has 0 atom stereocenters. The first-order valence-electron chi connectivity index (χ1n) is 5.57. The molecule has 0 heterocycles. The minimum atomic E-state index is -3.02. The molecule has 0 aliphatic carbocycles. The number of benzene rings is 2. The zero-order valence-corrected chi connectivity index (χ0v) is 10.0. The third-order valence-electron chi connectivity index (χ3n) is 2.41. The first kappa shape index (κ1) is 14.2. The fourth-order valence-electron chi connectivity index (χ4n) is 1.70. The lowest BCUT2D eigenvalue weighted by Gasteiger charge is -2.14. The van der Waals surface area contributed by atoms with Crippen molar-refractivity contribution in [1.29, 1.82) is 0 Å². The van der Waals surface area contributed by atoms with Crippen molar-refractivity contribution < 1.29 is 27.0 Å². The van der Waals surface area contributed by atoms with Gasteiger partial charge in [0, 0.05) is 11.1 Å². The molecule has 0 aliphatic heterocycles. The minimum Gasteiger partial charge on any atom is -0.434 e. The summed E-state index contributed by atoms with van der Waals surface area (Å²) in [5, 5.41) is 0. The van der Waals surface area contributed by atoms with Crippen molar-refractivity contribution >= 4 is 0 Å². The molecular weight excluding hydrogens is 276 g/mol. The zero-order valence-electron chi connectivity index (χ0n) is 10.0. The van der Waals surface area contributed by atoms with Gasteiger partial charge in [-0.2, -0.15) is 17.6 Å². The molecule has 0 fully saturated rings. The summed E-state index contributed by atoms with van der Waals surface area (Å²) >= 11 is 0. The van der Waals surface area contributed by atoms with E-state index < -0.39 is 13.2 Å². The summed E-state index contributed by atoms with van der Waals surface area (Å²) in [6.45, 7) is -6.04. The number of halogens is 4. The standard InChI is InChI=1S/C14H9F4O2/c15-13(16)19-11-7-3-1-5-9(11)10-6-2-4-8-12(10)20-14(17)18/h1-5,7-8,13-14H. The largest absolute Gasteiger partial charge is 0.434 e. The Morgan fingerprint density at radius 3 is 2.10 bits per heavy atom. The Labute approximate surface area is 112 Å². The third-order valence-corrected chi connectivity index (χ3v) is 2.41. The quantitative estimate of drug-likeness (QED) is 0.760. The Balaban J connectivity index is 2.46. The van der Waals surface area contributed by atoms with Gasteiger partial charge in [0.05, 0.1) is 0 Å². The van der Waals surface area contributed by atoms with E-state index in [2.05, 4.69) is 15.5 Å². The summed E-state index contributed by atoms with van der Waals surface area (Å²) in [5.41, 5.74) is 0.327. The molecule has 105 valence electrons. The van der Waals surface area contributed by atoms with Gasteiger partial charge in [0.1, 0.15) is 11.5 Å². The van der Waals surface area contributed by atoms with E-state index in [0.29, 0.717) is 0 Å². The highest BCUT2D eigenvalue weighted by Crippen LogP contribution is 2.36. The summed E-state index contributed by atoms with van der Waals surface area (Å²) in [6, 6.07) is 12.8. The van der Waals surface area contributed by atoms with Crippen LogP contribution in [0.5, 0.6) is 11.5 Å². The van der Waals surface area contributed by atoms with Gasteiger partial charge in [-0.05, 0) is 18.2 Å². The Morgan fingerprint density at radius 1 is 0.800 bits per heavy atom. The van der Waals surface area contributed by atoms with E-state index in [9.17, 15) is 17.6 Å². The highest BCUT2D eigenvalue weighted by atomic mass is 19.3. The normalized spacial score (nSPS) is 10.9. The monoisotopic (exact) mass is 285 g/mol. The molecule has 0 unspecified atom stereocenters. The maximum atomic E-state index is 12.3. The van der Waals surface area contributed by atoms with Crippen LogP contribution in [-0.2, 0) is 0 Å². The van der Waals surface area contributed by atoms with E-state index >= 15 is 0 Å². The van der Waals surface area contributed by atoms with Crippen LogP contribution in [0.25, 0.3) is 11.1 Å². The molecule has 0 bridgehead atoms. The lowest BCUT2D eigenvalue weighted by molar-refractivity contribution is -0.0513. The van der Waals surface area contributed by atoms with Crippen molar-refractivity contribution in [3.8, 4) is 22.6 Å². The van der Waals surface area contributed by atoms with Crippen molar-refractivity contribution in [2.45, 2.75) is 13.2 Å². The predicted octanol–water partition coefficient (Wildman–Crippen LogP) is 4.36. The van der Waals surface area contributed by atoms with Gasteiger partial charge in [0.15, 0.2) is 0 Å². The van der Waals surface area contributed by atoms with Gasteiger partial charge in [-0.25, -0.2) is 0 Å². The Morgan fingerprint density at radius 2 is 1.40 bits per heavy atom. The number of alkyl halides is 4. The van der Waals surface area contributed by atoms with E-state index in [-0.39, 0.29) is 22.6 Å². The number of ether oxygens (including phenoxy) is 2. The lowest BCUT2D eigenvalue weighted by Crippen LogP contribution is -2.05. The summed E-state index contributed by atoms with van der Waals surface area (Å²) < 4.78 is 58.1. The second kappa shape index (κ2) is 6.27. The fourth-order valence-corrected chi connectivity index (χ4v) is 1.70. The summed E-state index contributed by atoms with van der Waals surface area (Å²) in [7, 11) is 0. The molecule has 0 aliphatic rings. The van der Waals surface area contributed by atoms with Crippen LogP contribution in [0.15, 0.2) is 42.5 Å². The smallest absolute Gasteiger partial charge is 0.387 e. The number of rotatable bonds is 5. The van der Waals surface area contributed by atoms with Crippen LogP contribution in [0.4, 0.5) is 17.6 Å². The Hall–Kier alpha value is -2.24. The molecule has 0 amide bonds. The van der Waals surface area contributed by atoms with Crippen molar-refractivity contribution in [3.05, 3.63) is 48.5 Å². The van der Waals surface area contributed by atoms with Gasteiger partial charge < -0.3 is 9.47 Å². The molecule has 20 heavy (non-hydrogen) atoms. The molecule has 2 rings (SSSR count). The highest BCUT2D eigenvalue weighted by Gasteiger charge is 2.16. The summed E-state index contributed by atoms with van der Waals surface area (Å²) in [5.74, 6) is -0.295. The topological polar surface area (TPSA) is 18.5 Å². The van der Waals surface area contributed by atoms with E-state index in [1.807, 2.05) is 0 Å². The minimum absolute atomic E-state index is 0.129. The molecule has 2 aromatic carbocycles. The Bertz CT molecular complexity index is 521. The molecule has 0 aromatic heterocycles. The predicted molar refractivity (Wildman–Crippen MR) is 64.0 cm³/mol. The van der Waals surface area contributed by atoms with Crippen LogP contribution >= 0.6 is 0 Å². The van der Waals surface area contributed by atoms with E-state index in [0.717, 1.165) is 0 Å². The summed E-state index contributed by atoms with van der Waals surface area (Å²) in [6.07, 6.45) is 0. The van der Waals surface area contributed by atoms with Crippen molar-refractivity contribution in [3.63, 3.8) is 0 Å². The molecule has 0 saturated carbocycles. The van der Waals surface area contributed by atoms with E-state index in [1.54, 1.807) is 6.07 Å². The first-order chi connectivity index (χ1) is 9.58. The third kappa shape index (κ3) is 3.40. The fraction of sp³-hybridized carbons (Fsp3) is 0.143. The van der Waals surface area contributed by atoms with Crippen LogP contribution < -0.4 is 9.47 Å². The molecule has 0 spiro atoms. The molecular formula is C14H9F4O2.